The molecular formula is C16H29IN6O. The van der Waals surface area contributed by atoms with Crippen molar-refractivity contribution in [1.82, 2.24) is 24.9 Å². The lowest BCUT2D eigenvalue weighted by Gasteiger charge is -2.36. The summed E-state index contributed by atoms with van der Waals surface area (Å²) < 4.78 is 1.90. The number of hydrogen-bond donors (Lipinski definition) is 1. The number of carbonyl (C=O) groups is 1. The number of aryl methyl sites for hydroxylation is 2. The molecule has 1 N–H and O–H groups in total. The Kier molecular flexibility index (Phi) is 7.98. The molecule has 0 spiro atoms. The third-order valence-corrected chi connectivity index (χ3v) is 4.41. The predicted octanol–water partition coefficient (Wildman–Crippen LogP) is 1.28. The number of aromatic nitrogens is 2. The average Bonchev–Trinajstić information content (AvgIpc) is 2.77. The van der Waals surface area contributed by atoms with E-state index in [4.69, 9.17) is 4.99 Å². The monoisotopic (exact) mass is 448 g/mol. The van der Waals surface area contributed by atoms with Crippen LogP contribution < -0.4 is 5.32 Å². The van der Waals surface area contributed by atoms with Gasteiger partial charge in [0.05, 0.1) is 12.2 Å². The van der Waals surface area contributed by atoms with E-state index in [-0.39, 0.29) is 29.9 Å². The zero-order chi connectivity index (χ0) is 17.0. The maximum absolute atomic E-state index is 11.4. The first-order chi connectivity index (χ1) is 10.9. The van der Waals surface area contributed by atoms with Gasteiger partial charge in [-0.25, -0.2) is 4.99 Å². The maximum atomic E-state index is 11.4. The van der Waals surface area contributed by atoms with E-state index in [0.717, 1.165) is 50.1 Å². The van der Waals surface area contributed by atoms with Crippen molar-refractivity contribution in [1.29, 1.82) is 0 Å². The molecule has 1 aliphatic heterocycles. The van der Waals surface area contributed by atoms with Crippen LogP contribution in [-0.2, 0) is 18.4 Å². The van der Waals surface area contributed by atoms with E-state index in [1.54, 1.807) is 6.92 Å². The van der Waals surface area contributed by atoms with Crippen LogP contribution in [-0.4, -0.2) is 64.2 Å². The summed E-state index contributed by atoms with van der Waals surface area (Å²) in [5, 5.41) is 7.80. The minimum Gasteiger partial charge on any atom is -0.357 e. The summed E-state index contributed by atoms with van der Waals surface area (Å²) in [6, 6.07) is 0. The van der Waals surface area contributed by atoms with E-state index < -0.39 is 0 Å². The number of hydrogen-bond acceptors (Lipinski definition) is 3. The van der Waals surface area contributed by atoms with Gasteiger partial charge in [0.15, 0.2) is 5.96 Å². The second kappa shape index (κ2) is 9.24. The van der Waals surface area contributed by atoms with Gasteiger partial charge in [0.25, 0.3) is 0 Å². The van der Waals surface area contributed by atoms with Crippen LogP contribution in [0.15, 0.2) is 4.99 Å². The zero-order valence-corrected chi connectivity index (χ0v) is 17.6. The molecule has 1 amide bonds. The zero-order valence-electron chi connectivity index (χ0n) is 15.3. The third-order valence-electron chi connectivity index (χ3n) is 4.41. The number of guanidine groups is 1. The van der Waals surface area contributed by atoms with Gasteiger partial charge in [-0.15, -0.1) is 24.0 Å². The Bertz CT molecular complexity index is 590. The fourth-order valence-electron chi connectivity index (χ4n) is 2.86. The number of nitrogens with one attached hydrogen (secondary N) is 1. The normalized spacial score (nSPS) is 15.3. The highest BCUT2D eigenvalue weighted by Gasteiger charge is 2.21. The molecule has 0 bridgehead atoms. The second-order valence-corrected chi connectivity index (χ2v) is 5.94. The summed E-state index contributed by atoms with van der Waals surface area (Å²) in [7, 11) is 1.96. The first-order valence-corrected chi connectivity index (χ1v) is 8.21. The number of amides is 1. The molecule has 136 valence electrons. The first-order valence-electron chi connectivity index (χ1n) is 8.21. The standard InChI is InChI=1S/C16H28N6O.HI/c1-6-17-16(22-9-7-21(8-10-22)14(4)23)18-11-15-12(2)19-20(5)13(15)3;/h6-11H2,1-5H3,(H,17,18);1H. The van der Waals surface area contributed by atoms with Gasteiger partial charge < -0.3 is 15.1 Å². The SMILES string of the molecule is CCNC(=NCc1c(C)nn(C)c1C)N1CCN(C(C)=O)CC1.I. The van der Waals surface area contributed by atoms with E-state index in [1.165, 1.54) is 5.56 Å². The summed E-state index contributed by atoms with van der Waals surface area (Å²) >= 11 is 0. The van der Waals surface area contributed by atoms with Crippen molar-refractivity contribution in [3.05, 3.63) is 17.0 Å². The molecule has 7 nitrogen and oxygen atoms in total. The number of aliphatic imine (C=N–C) groups is 1. The van der Waals surface area contributed by atoms with Gasteiger partial charge in [-0.3, -0.25) is 9.48 Å². The Balaban J connectivity index is 0.00000288. The lowest BCUT2D eigenvalue weighted by Crippen LogP contribution is -2.53. The minimum atomic E-state index is 0. The van der Waals surface area contributed by atoms with Crippen LogP contribution in [0.4, 0.5) is 0 Å². The molecule has 1 fully saturated rings. The second-order valence-electron chi connectivity index (χ2n) is 5.94. The van der Waals surface area contributed by atoms with Gasteiger partial charge in [0.1, 0.15) is 0 Å². The summed E-state index contributed by atoms with van der Waals surface area (Å²) in [6.07, 6.45) is 0. The average molecular weight is 448 g/mol. The molecule has 1 aliphatic rings. The largest absolute Gasteiger partial charge is 0.357 e. The molecule has 0 saturated carbocycles. The quantitative estimate of drug-likeness (QED) is 0.430. The summed E-state index contributed by atoms with van der Waals surface area (Å²) in [5.74, 6) is 1.06. The van der Waals surface area contributed by atoms with Crippen LogP contribution in [0.2, 0.25) is 0 Å². The molecule has 0 aromatic carbocycles. The molecule has 0 atom stereocenters. The topological polar surface area (TPSA) is 65.8 Å². The molecule has 2 rings (SSSR count). The fraction of sp³-hybridized carbons (Fsp3) is 0.688. The van der Waals surface area contributed by atoms with Crippen molar-refractivity contribution in [3.8, 4) is 0 Å². The van der Waals surface area contributed by atoms with Crippen molar-refractivity contribution in [2.45, 2.75) is 34.2 Å². The summed E-state index contributed by atoms with van der Waals surface area (Å²) in [5.41, 5.74) is 3.37. The van der Waals surface area contributed by atoms with Crippen LogP contribution in [0.25, 0.3) is 0 Å². The molecule has 2 heterocycles. The molecule has 0 radical (unpaired) electrons. The Morgan fingerprint density at radius 1 is 1.21 bits per heavy atom. The molecule has 8 heteroatoms. The molecule has 1 aromatic heterocycles. The lowest BCUT2D eigenvalue weighted by molar-refractivity contribution is -0.130. The van der Waals surface area contributed by atoms with E-state index >= 15 is 0 Å². The Hall–Kier alpha value is -1.32. The van der Waals surface area contributed by atoms with Gasteiger partial charge in [-0.2, -0.15) is 5.10 Å². The number of nitrogens with zero attached hydrogens (tertiary/aromatic N) is 5. The fourth-order valence-corrected chi connectivity index (χ4v) is 2.86. The molecular weight excluding hydrogens is 419 g/mol. The highest BCUT2D eigenvalue weighted by Crippen LogP contribution is 2.13. The molecule has 1 aromatic rings. The van der Waals surface area contributed by atoms with E-state index in [0.29, 0.717) is 6.54 Å². The Labute approximate surface area is 161 Å². The van der Waals surface area contributed by atoms with Crippen molar-refractivity contribution in [2.75, 3.05) is 32.7 Å². The molecule has 0 aliphatic carbocycles. The number of piperazine rings is 1. The Morgan fingerprint density at radius 2 is 1.79 bits per heavy atom. The van der Waals surface area contributed by atoms with Gasteiger partial charge >= 0.3 is 0 Å². The summed E-state index contributed by atoms with van der Waals surface area (Å²) in [4.78, 5) is 20.3. The van der Waals surface area contributed by atoms with E-state index in [9.17, 15) is 4.79 Å². The van der Waals surface area contributed by atoms with Crippen molar-refractivity contribution >= 4 is 35.8 Å². The van der Waals surface area contributed by atoms with Gasteiger partial charge in [-0.1, -0.05) is 0 Å². The number of halogens is 1. The predicted molar refractivity (Wildman–Crippen MR) is 107 cm³/mol. The lowest BCUT2D eigenvalue weighted by atomic mass is 10.2. The van der Waals surface area contributed by atoms with E-state index in [1.807, 2.05) is 23.6 Å². The molecule has 24 heavy (non-hydrogen) atoms. The Morgan fingerprint density at radius 3 is 2.25 bits per heavy atom. The first kappa shape index (κ1) is 20.7. The summed E-state index contributed by atoms with van der Waals surface area (Å²) in [6.45, 7) is 12.4. The van der Waals surface area contributed by atoms with Crippen LogP contribution in [0.3, 0.4) is 0 Å². The van der Waals surface area contributed by atoms with Crippen molar-refractivity contribution in [3.63, 3.8) is 0 Å². The van der Waals surface area contributed by atoms with Gasteiger partial charge in [0, 0.05) is 58.0 Å². The third kappa shape index (κ3) is 4.84. The number of carbonyl (C=O) groups excluding carboxylic acids is 1. The van der Waals surface area contributed by atoms with E-state index in [2.05, 4.69) is 29.2 Å². The van der Waals surface area contributed by atoms with Crippen molar-refractivity contribution in [2.24, 2.45) is 12.0 Å². The van der Waals surface area contributed by atoms with Gasteiger partial charge in [0.2, 0.25) is 5.91 Å². The van der Waals surface area contributed by atoms with Crippen LogP contribution in [0, 0.1) is 13.8 Å². The van der Waals surface area contributed by atoms with Gasteiger partial charge in [-0.05, 0) is 20.8 Å². The maximum Gasteiger partial charge on any atom is 0.219 e. The molecule has 1 saturated heterocycles. The molecule has 0 unspecified atom stereocenters. The minimum absolute atomic E-state index is 0. The van der Waals surface area contributed by atoms with Crippen molar-refractivity contribution < 1.29 is 4.79 Å². The highest BCUT2D eigenvalue weighted by molar-refractivity contribution is 14.0. The van der Waals surface area contributed by atoms with Crippen LogP contribution >= 0.6 is 24.0 Å². The number of rotatable bonds is 3. The van der Waals surface area contributed by atoms with Crippen LogP contribution in [0.1, 0.15) is 30.8 Å². The smallest absolute Gasteiger partial charge is 0.219 e. The highest BCUT2D eigenvalue weighted by atomic mass is 127. The van der Waals surface area contributed by atoms with Crippen LogP contribution in [0.5, 0.6) is 0 Å².